The molecule has 0 unspecified atom stereocenters. The van der Waals surface area contributed by atoms with Crippen LogP contribution in [0.15, 0.2) is 24.4 Å². The van der Waals surface area contributed by atoms with Crippen LogP contribution in [0.5, 0.6) is 11.5 Å². The van der Waals surface area contributed by atoms with E-state index in [0.29, 0.717) is 74.5 Å². The first-order valence-corrected chi connectivity index (χ1v) is 10.0. The van der Waals surface area contributed by atoms with Crippen molar-refractivity contribution in [1.82, 2.24) is 20.0 Å². The molecule has 0 bridgehead atoms. The van der Waals surface area contributed by atoms with Crippen molar-refractivity contribution in [1.29, 1.82) is 0 Å². The minimum absolute atomic E-state index is 0.0837. The van der Waals surface area contributed by atoms with Gasteiger partial charge in [-0.25, -0.2) is 0 Å². The van der Waals surface area contributed by atoms with Gasteiger partial charge in [0.05, 0.1) is 17.5 Å². The van der Waals surface area contributed by atoms with Gasteiger partial charge in [-0.3, -0.25) is 14.7 Å². The largest absolute Gasteiger partial charge is 0.486 e. The van der Waals surface area contributed by atoms with E-state index < -0.39 is 0 Å². The van der Waals surface area contributed by atoms with E-state index in [4.69, 9.17) is 9.47 Å². The minimum atomic E-state index is -0.0837. The fourth-order valence-electron chi connectivity index (χ4n) is 3.67. The van der Waals surface area contributed by atoms with E-state index in [1.54, 1.807) is 11.1 Å². The van der Waals surface area contributed by atoms with Crippen LogP contribution in [0, 0.1) is 5.92 Å². The summed E-state index contributed by atoms with van der Waals surface area (Å²) in [6.45, 7) is 7.29. The zero-order chi connectivity index (χ0) is 20.4. The van der Waals surface area contributed by atoms with Gasteiger partial charge in [-0.1, -0.05) is 13.8 Å². The van der Waals surface area contributed by atoms with Gasteiger partial charge in [0.15, 0.2) is 11.5 Å². The second kappa shape index (κ2) is 8.14. The predicted octanol–water partition coefficient (Wildman–Crippen LogP) is 2.18. The Morgan fingerprint density at radius 2 is 1.76 bits per heavy atom. The molecule has 1 fully saturated rings. The van der Waals surface area contributed by atoms with Gasteiger partial charge < -0.3 is 19.3 Å². The molecule has 3 heterocycles. The summed E-state index contributed by atoms with van der Waals surface area (Å²) in [6, 6.07) is 5.60. The molecule has 2 aromatic rings. The highest BCUT2D eigenvalue weighted by molar-refractivity contribution is 6.00. The molecule has 0 spiro atoms. The van der Waals surface area contributed by atoms with Crippen LogP contribution >= 0.6 is 0 Å². The van der Waals surface area contributed by atoms with Crippen molar-refractivity contribution >= 4 is 11.8 Å². The lowest BCUT2D eigenvalue weighted by Gasteiger charge is -2.35. The van der Waals surface area contributed by atoms with Crippen molar-refractivity contribution in [2.45, 2.75) is 20.3 Å². The minimum Gasteiger partial charge on any atom is -0.486 e. The van der Waals surface area contributed by atoms with Crippen molar-refractivity contribution in [3.8, 4) is 22.8 Å². The number of hydrogen-bond acceptors (Lipinski definition) is 5. The van der Waals surface area contributed by atoms with Crippen LogP contribution in [0.1, 0.15) is 30.6 Å². The highest BCUT2D eigenvalue weighted by atomic mass is 16.6. The average molecular weight is 398 g/mol. The smallest absolute Gasteiger partial charge is 0.257 e. The lowest BCUT2D eigenvalue weighted by Crippen LogP contribution is -2.50. The number of piperazine rings is 1. The zero-order valence-corrected chi connectivity index (χ0v) is 16.8. The number of fused-ring (bicyclic) bond motifs is 1. The summed E-state index contributed by atoms with van der Waals surface area (Å²) in [6.07, 6.45) is 2.11. The summed E-state index contributed by atoms with van der Waals surface area (Å²) in [5, 5.41) is 7.03. The number of nitrogens with one attached hydrogen (secondary N) is 1. The Hall–Kier alpha value is -3.03. The Bertz CT molecular complexity index is 900. The average Bonchev–Trinajstić information content (AvgIpc) is 3.22. The number of carbonyl (C=O) groups excluding carboxylic acids is 2. The fourth-order valence-corrected chi connectivity index (χ4v) is 3.67. The fraction of sp³-hybridized carbons (Fsp3) is 0.476. The van der Waals surface area contributed by atoms with Crippen LogP contribution in [0.2, 0.25) is 0 Å². The summed E-state index contributed by atoms with van der Waals surface area (Å²) in [5.41, 5.74) is 2.00. The van der Waals surface area contributed by atoms with Gasteiger partial charge in [-0.15, -0.1) is 0 Å². The predicted molar refractivity (Wildman–Crippen MR) is 107 cm³/mol. The van der Waals surface area contributed by atoms with Crippen LogP contribution in [-0.2, 0) is 4.79 Å². The van der Waals surface area contributed by atoms with Crippen molar-refractivity contribution in [2.75, 3.05) is 39.4 Å². The second-order valence-electron chi connectivity index (χ2n) is 7.79. The van der Waals surface area contributed by atoms with Crippen molar-refractivity contribution in [3.63, 3.8) is 0 Å². The number of H-pyrrole nitrogens is 1. The first kappa shape index (κ1) is 19.3. The molecule has 29 heavy (non-hydrogen) atoms. The summed E-state index contributed by atoms with van der Waals surface area (Å²) in [7, 11) is 0. The third-order valence-corrected chi connectivity index (χ3v) is 5.20. The number of rotatable bonds is 4. The van der Waals surface area contributed by atoms with E-state index >= 15 is 0 Å². The molecule has 0 radical (unpaired) electrons. The Morgan fingerprint density at radius 3 is 2.48 bits per heavy atom. The maximum Gasteiger partial charge on any atom is 0.257 e. The SMILES string of the molecule is CC(C)CC(=O)N1CCN(C(=O)c2cn[nH]c2-c2ccc3c(c2)OCCO3)CC1. The normalized spacial score (nSPS) is 16.2. The van der Waals surface area contributed by atoms with Crippen molar-refractivity contribution in [2.24, 2.45) is 5.92 Å². The van der Waals surface area contributed by atoms with Gasteiger partial charge in [-0.2, -0.15) is 5.10 Å². The molecule has 1 aromatic heterocycles. The Balaban J connectivity index is 1.46. The number of ether oxygens (including phenoxy) is 2. The summed E-state index contributed by atoms with van der Waals surface area (Å²) in [5.74, 6) is 1.78. The molecule has 1 aromatic carbocycles. The number of nitrogens with zero attached hydrogens (tertiary/aromatic N) is 3. The van der Waals surface area contributed by atoms with Gasteiger partial charge in [0.2, 0.25) is 5.91 Å². The summed E-state index contributed by atoms with van der Waals surface area (Å²) < 4.78 is 11.2. The molecule has 0 saturated carbocycles. The second-order valence-corrected chi connectivity index (χ2v) is 7.79. The molecular formula is C21H26N4O4. The standard InChI is InChI=1S/C21H26N4O4/c1-14(2)11-19(26)24-5-7-25(8-6-24)21(27)16-13-22-23-20(16)15-3-4-17-18(12-15)29-10-9-28-17/h3-4,12-14H,5-11H2,1-2H3,(H,22,23). The molecule has 154 valence electrons. The van der Waals surface area contributed by atoms with Crippen LogP contribution in [-0.4, -0.2) is 71.2 Å². The number of amides is 2. The first-order chi connectivity index (χ1) is 14.0. The van der Waals surface area contributed by atoms with Gasteiger partial charge >= 0.3 is 0 Å². The lowest BCUT2D eigenvalue weighted by atomic mass is 10.1. The molecule has 8 heteroatoms. The molecule has 1 saturated heterocycles. The topological polar surface area (TPSA) is 87.8 Å². The van der Waals surface area contributed by atoms with Crippen LogP contribution < -0.4 is 9.47 Å². The van der Waals surface area contributed by atoms with Gasteiger partial charge in [-0.05, 0) is 24.1 Å². The maximum absolute atomic E-state index is 13.1. The zero-order valence-electron chi connectivity index (χ0n) is 16.8. The van der Waals surface area contributed by atoms with Gasteiger partial charge in [0.25, 0.3) is 5.91 Å². The molecule has 0 aliphatic carbocycles. The van der Waals surface area contributed by atoms with E-state index in [2.05, 4.69) is 10.2 Å². The highest BCUT2D eigenvalue weighted by Gasteiger charge is 2.27. The number of hydrogen-bond donors (Lipinski definition) is 1. The Labute approximate surface area is 169 Å². The van der Waals surface area contributed by atoms with Gasteiger partial charge in [0, 0.05) is 38.2 Å². The molecule has 8 nitrogen and oxygen atoms in total. The van der Waals surface area contributed by atoms with Crippen LogP contribution in [0.3, 0.4) is 0 Å². The number of aromatic amines is 1. The van der Waals surface area contributed by atoms with E-state index in [1.807, 2.05) is 36.9 Å². The molecule has 2 aliphatic rings. The quantitative estimate of drug-likeness (QED) is 0.853. The summed E-state index contributed by atoms with van der Waals surface area (Å²) >= 11 is 0. The molecule has 2 aliphatic heterocycles. The van der Waals surface area contributed by atoms with Crippen molar-refractivity contribution in [3.05, 3.63) is 30.0 Å². The maximum atomic E-state index is 13.1. The molecular weight excluding hydrogens is 372 g/mol. The lowest BCUT2D eigenvalue weighted by molar-refractivity contribution is -0.133. The molecule has 0 atom stereocenters. The molecule has 4 rings (SSSR count). The number of aromatic nitrogens is 2. The third kappa shape index (κ3) is 4.06. The Morgan fingerprint density at radius 1 is 1.07 bits per heavy atom. The Kier molecular flexibility index (Phi) is 5.42. The summed E-state index contributed by atoms with van der Waals surface area (Å²) in [4.78, 5) is 29.0. The van der Waals surface area contributed by atoms with E-state index in [0.717, 1.165) is 5.56 Å². The third-order valence-electron chi connectivity index (χ3n) is 5.20. The van der Waals surface area contributed by atoms with E-state index in [9.17, 15) is 9.59 Å². The first-order valence-electron chi connectivity index (χ1n) is 10.0. The van der Waals surface area contributed by atoms with E-state index in [1.165, 1.54) is 0 Å². The highest BCUT2D eigenvalue weighted by Crippen LogP contribution is 2.35. The monoisotopic (exact) mass is 398 g/mol. The number of carbonyl (C=O) groups is 2. The van der Waals surface area contributed by atoms with Crippen molar-refractivity contribution < 1.29 is 19.1 Å². The van der Waals surface area contributed by atoms with Gasteiger partial charge in [0.1, 0.15) is 13.2 Å². The van der Waals surface area contributed by atoms with Crippen LogP contribution in [0.25, 0.3) is 11.3 Å². The van der Waals surface area contributed by atoms with E-state index in [-0.39, 0.29) is 11.8 Å². The van der Waals surface area contributed by atoms with Crippen LogP contribution in [0.4, 0.5) is 0 Å². The number of benzene rings is 1. The molecule has 1 N–H and O–H groups in total. The molecule has 2 amide bonds.